The van der Waals surface area contributed by atoms with Crippen molar-refractivity contribution < 1.29 is 9.53 Å². The van der Waals surface area contributed by atoms with Crippen molar-refractivity contribution in [2.24, 2.45) is 0 Å². The molecule has 20 heavy (non-hydrogen) atoms. The molecule has 1 amide bonds. The second kappa shape index (κ2) is 5.79. The predicted molar refractivity (Wildman–Crippen MR) is 84.5 cm³/mol. The topological polar surface area (TPSA) is 51.2 Å². The molecular weight excluding hydrogens is 320 g/mol. The van der Waals surface area contributed by atoms with E-state index in [1.54, 1.807) is 20.0 Å². The van der Waals surface area contributed by atoms with Gasteiger partial charge in [-0.3, -0.25) is 9.78 Å². The van der Waals surface area contributed by atoms with Crippen LogP contribution in [0.2, 0.25) is 0 Å². The number of ether oxygens (including phenoxy) is 1. The number of carbonyl (C=O) groups is 1. The van der Waals surface area contributed by atoms with Crippen LogP contribution in [-0.2, 0) is 4.79 Å². The summed E-state index contributed by atoms with van der Waals surface area (Å²) in [5, 5.41) is 3.78. The molecule has 0 atom stereocenters. The highest BCUT2D eigenvalue weighted by molar-refractivity contribution is 9.10. The number of alkyl halides is 1. The van der Waals surface area contributed by atoms with Crippen LogP contribution < -0.4 is 10.1 Å². The maximum absolute atomic E-state index is 12.1. The number of anilines is 1. The summed E-state index contributed by atoms with van der Waals surface area (Å²) in [6.45, 7) is 6.11. The Bertz CT molecular complexity index is 635. The fraction of sp³-hybridized carbons (Fsp3) is 0.333. The Morgan fingerprint density at radius 2 is 2.15 bits per heavy atom. The van der Waals surface area contributed by atoms with E-state index in [1.165, 1.54) is 0 Å². The first-order valence-corrected chi connectivity index (χ1v) is 7.23. The first-order chi connectivity index (χ1) is 9.43. The van der Waals surface area contributed by atoms with Gasteiger partial charge in [0.25, 0.3) is 0 Å². The number of carbonyl (C=O) groups excluding carboxylic acids is 1. The van der Waals surface area contributed by atoms with Crippen molar-refractivity contribution in [2.75, 3.05) is 11.9 Å². The Kier molecular flexibility index (Phi) is 4.28. The zero-order valence-corrected chi connectivity index (χ0v) is 13.3. The van der Waals surface area contributed by atoms with Gasteiger partial charge in [-0.2, -0.15) is 0 Å². The highest BCUT2D eigenvalue weighted by Crippen LogP contribution is 2.31. The highest BCUT2D eigenvalue weighted by atomic mass is 79.9. The van der Waals surface area contributed by atoms with Gasteiger partial charge in [-0.05, 0) is 45.0 Å². The van der Waals surface area contributed by atoms with Gasteiger partial charge >= 0.3 is 0 Å². The Morgan fingerprint density at radius 3 is 2.80 bits per heavy atom. The number of amides is 1. The number of benzene rings is 1. The van der Waals surface area contributed by atoms with E-state index in [4.69, 9.17) is 4.74 Å². The molecule has 0 aliphatic carbocycles. The lowest BCUT2D eigenvalue weighted by Crippen LogP contribution is -2.31. The van der Waals surface area contributed by atoms with E-state index in [0.29, 0.717) is 6.61 Å². The van der Waals surface area contributed by atoms with E-state index in [2.05, 4.69) is 26.2 Å². The normalized spacial score (nSPS) is 11.4. The number of rotatable bonds is 4. The molecule has 1 aromatic heterocycles. The largest absolute Gasteiger partial charge is 0.492 e. The van der Waals surface area contributed by atoms with Crippen molar-refractivity contribution in [3.63, 3.8) is 0 Å². The summed E-state index contributed by atoms with van der Waals surface area (Å²) < 4.78 is 4.94. The molecule has 1 aromatic carbocycles. The molecule has 0 fully saturated rings. The third-order valence-corrected chi connectivity index (χ3v) is 3.18. The monoisotopic (exact) mass is 336 g/mol. The fourth-order valence-corrected chi connectivity index (χ4v) is 1.90. The standard InChI is InChI=1S/C15H17BrN2O2/c1-4-20-12-8-7-11(18-14(19)15(2,3)16)10-6-5-9-17-13(10)12/h5-9H,4H2,1-3H3,(H,18,19). The Balaban J connectivity index is 2.46. The zero-order valence-electron chi connectivity index (χ0n) is 11.7. The van der Waals surface area contributed by atoms with Gasteiger partial charge in [0.2, 0.25) is 5.91 Å². The lowest BCUT2D eigenvalue weighted by molar-refractivity contribution is -0.117. The van der Waals surface area contributed by atoms with Crippen LogP contribution in [0.4, 0.5) is 5.69 Å². The minimum atomic E-state index is -0.625. The van der Waals surface area contributed by atoms with Crippen molar-refractivity contribution in [3.8, 4) is 5.75 Å². The van der Waals surface area contributed by atoms with Gasteiger partial charge < -0.3 is 10.1 Å². The van der Waals surface area contributed by atoms with E-state index >= 15 is 0 Å². The Labute approximate surface area is 126 Å². The molecule has 1 heterocycles. The Morgan fingerprint density at radius 1 is 1.40 bits per heavy atom. The molecule has 0 saturated heterocycles. The van der Waals surface area contributed by atoms with Gasteiger partial charge in [0.15, 0.2) is 0 Å². The quantitative estimate of drug-likeness (QED) is 0.865. The minimum absolute atomic E-state index is 0.105. The molecule has 0 radical (unpaired) electrons. The van der Waals surface area contributed by atoms with E-state index in [-0.39, 0.29) is 5.91 Å². The summed E-state index contributed by atoms with van der Waals surface area (Å²) in [5.41, 5.74) is 1.48. The molecule has 4 nitrogen and oxygen atoms in total. The summed E-state index contributed by atoms with van der Waals surface area (Å²) in [7, 11) is 0. The minimum Gasteiger partial charge on any atom is -0.492 e. The summed E-state index contributed by atoms with van der Waals surface area (Å²) in [6, 6.07) is 7.43. The molecule has 5 heteroatoms. The first-order valence-electron chi connectivity index (χ1n) is 6.44. The maximum atomic E-state index is 12.1. The van der Waals surface area contributed by atoms with Crippen LogP contribution in [0, 0.1) is 0 Å². The number of aromatic nitrogens is 1. The van der Waals surface area contributed by atoms with Crippen LogP contribution in [0.1, 0.15) is 20.8 Å². The van der Waals surface area contributed by atoms with Gasteiger partial charge in [-0.25, -0.2) is 0 Å². The predicted octanol–water partition coefficient (Wildman–Crippen LogP) is 3.75. The molecule has 106 valence electrons. The van der Waals surface area contributed by atoms with Crippen molar-refractivity contribution in [2.45, 2.75) is 25.1 Å². The summed E-state index contributed by atoms with van der Waals surface area (Å²) >= 11 is 3.35. The van der Waals surface area contributed by atoms with Crippen LogP contribution >= 0.6 is 15.9 Å². The van der Waals surface area contributed by atoms with Crippen molar-refractivity contribution >= 4 is 38.4 Å². The Hall–Kier alpha value is -1.62. The van der Waals surface area contributed by atoms with Gasteiger partial charge in [0, 0.05) is 11.6 Å². The zero-order chi connectivity index (χ0) is 14.8. The number of hydrogen-bond donors (Lipinski definition) is 1. The summed E-state index contributed by atoms with van der Waals surface area (Å²) in [4.78, 5) is 16.4. The summed E-state index contributed by atoms with van der Waals surface area (Å²) in [6.07, 6.45) is 1.71. The van der Waals surface area contributed by atoms with Crippen molar-refractivity contribution in [1.82, 2.24) is 4.98 Å². The van der Waals surface area contributed by atoms with E-state index in [9.17, 15) is 4.79 Å². The van der Waals surface area contributed by atoms with Crippen LogP contribution in [0.25, 0.3) is 10.9 Å². The molecule has 0 spiro atoms. The van der Waals surface area contributed by atoms with Crippen molar-refractivity contribution in [1.29, 1.82) is 0 Å². The molecule has 0 bridgehead atoms. The second-order valence-electron chi connectivity index (χ2n) is 4.87. The molecule has 1 N–H and O–H groups in total. The molecule has 2 rings (SSSR count). The summed E-state index contributed by atoms with van der Waals surface area (Å²) in [5.74, 6) is 0.617. The van der Waals surface area contributed by atoms with Crippen LogP contribution in [0.3, 0.4) is 0 Å². The molecule has 2 aromatic rings. The smallest absolute Gasteiger partial charge is 0.240 e. The lowest BCUT2D eigenvalue weighted by Gasteiger charge is -2.17. The third kappa shape index (κ3) is 3.10. The number of nitrogens with zero attached hydrogens (tertiary/aromatic N) is 1. The number of halogens is 1. The molecule has 0 aliphatic heterocycles. The molecule has 0 unspecified atom stereocenters. The van der Waals surface area contributed by atoms with E-state index < -0.39 is 4.32 Å². The SMILES string of the molecule is CCOc1ccc(NC(=O)C(C)(C)Br)c2cccnc12. The third-order valence-electron chi connectivity index (χ3n) is 2.82. The number of hydrogen-bond acceptors (Lipinski definition) is 3. The van der Waals surface area contributed by atoms with Gasteiger partial charge in [0.05, 0.1) is 16.6 Å². The number of fused-ring (bicyclic) bond motifs is 1. The van der Waals surface area contributed by atoms with Gasteiger partial charge in [-0.15, -0.1) is 0 Å². The van der Waals surface area contributed by atoms with Crippen LogP contribution in [-0.4, -0.2) is 21.8 Å². The average Bonchev–Trinajstić information content (AvgIpc) is 2.40. The highest BCUT2D eigenvalue weighted by Gasteiger charge is 2.24. The number of nitrogens with one attached hydrogen (secondary N) is 1. The molecular formula is C15H17BrN2O2. The maximum Gasteiger partial charge on any atom is 0.240 e. The number of pyridine rings is 1. The van der Waals surface area contributed by atoms with Crippen LogP contribution in [0.15, 0.2) is 30.5 Å². The molecule has 0 aliphatic rings. The van der Waals surface area contributed by atoms with E-state index in [0.717, 1.165) is 22.3 Å². The molecule has 0 saturated carbocycles. The van der Waals surface area contributed by atoms with Gasteiger partial charge in [0.1, 0.15) is 11.3 Å². The first kappa shape index (κ1) is 14.8. The lowest BCUT2D eigenvalue weighted by atomic mass is 10.1. The average molecular weight is 337 g/mol. The second-order valence-corrected chi connectivity index (χ2v) is 6.85. The fourth-order valence-electron chi connectivity index (χ4n) is 1.80. The van der Waals surface area contributed by atoms with E-state index in [1.807, 2.05) is 31.2 Å². The van der Waals surface area contributed by atoms with Gasteiger partial charge in [-0.1, -0.05) is 15.9 Å². The van der Waals surface area contributed by atoms with Crippen LogP contribution in [0.5, 0.6) is 5.75 Å². The van der Waals surface area contributed by atoms with Crippen molar-refractivity contribution in [3.05, 3.63) is 30.5 Å².